The Morgan fingerprint density at radius 2 is 1.07 bits per heavy atom. The van der Waals surface area contributed by atoms with Gasteiger partial charge in [0.25, 0.3) is 0 Å². The number of ketones is 1. The van der Waals surface area contributed by atoms with Gasteiger partial charge in [-0.25, -0.2) is 0 Å². The van der Waals surface area contributed by atoms with Gasteiger partial charge in [-0.05, 0) is 121 Å². The van der Waals surface area contributed by atoms with Crippen molar-refractivity contribution < 1.29 is 9.90 Å². The molecule has 0 spiro atoms. The number of carbonyl (C=O) groups excluding carboxylic acids is 1. The van der Waals surface area contributed by atoms with E-state index in [-0.39, 0.29) is 11.5 Å². The largest absolute Gasteiger partial charge is 0.504 e. The van der Waals surface area contributed by atoms with E-state index in [1.54, 1.807) is 6.08 Å². The Balaban J connectivity index is 2.94. The third-order valence-corrected chi connectivity index (χ3v) is 9.87. The Hall–Kier alpha value is -2.35. The van der Waals surface area contributed by atoms with Crippen LogP contribution in [-0.4, -0.2) is 10.9 Å². The molecule has 0 saturated heterocycles. The molecule has 0 aliphatic rings. The monoisotopic (exact) mass is 588 g/mol. The van der Waals surface area contributed by atoms with Crippen LogP contribution in [0.2, 0.25) is 0 Å². The summed E-state index contributed by atoms with van der Waals surface area (Å²) in [6, 6.07) is 11.3. The normalized spacial score (nSPS) is 14.9. The maximum absolute atomic E-state index is 14.8. The molecule has 0 aliphatic carbocycles. The number of hydrogen-bond acceptors (Lipinski definition) is 2. The van der Waals surface area contributed by atoms with E-state index in [9.17, 15) is 9.90 Å². The molecule has 4 atom stereocenters. The van der Waals surface area contributed by atoms with Crippen LogP contribution in [-0.2, 0) is 6.42 Å². The Bertz CT molecular complexity index is 1160. The van der Waals surface area contributed by atoms with Crippen molar-refractivity contribution in [2.45, 2.75) is 169 Å². The number of aliphatic hydroxyl groups is 1. The van der Waals surface area contributed by atoms with Gasteiger partial charge in [0.05, 0.1) is 0 Å². The molecule has 2 nitrogen and oxygen atoms in total. The van der Waals surface area contributed by atoms with Crippen LogP contribution in [0.1, 0.15) is 207 Å². The second kappa shape index (κ2) is 19.1. The number of aryl methyl sites for hydroxylation is 1. The minimum atomic E-state index is -0.182. The summed E-state index contributed by atoms with van der Waals surface area (Å²) in [7, 11) is 0. The third-order valence-electron chi connectivity index (χ3n) is 9.87. The average Bonchev–Trinajstić information content (AvgIpc) is 3.03. The van der Waals surface area contributed by atoms with Gasteiger partial charge in [-0.2, -0.15) is 0 Å². The van der Waals surface area contributed by atoms with Gasteiger partial charge in [0.15, 0.2) is 5.76 Å². The van der Waals surface area contributed by atoms with E-state index in [1.807, 2.05) is 0 Å². The van der Waals surface area contributed by atoms with Crippen molar-refractivity contribution in [1.82, 2.24) is 0 Å². The number of Topliss-reactive ketones (excluding diaryl/α,β-unsaturated/α-hetero) is 1. The first-order chi connectivity index (χ1) is 20.8. The molecule has 43 heavy (non-hydrogen) atoms. The number of rotatable bonds is 20. The van der Waals surface area contributed by atoms with Crippen LogP contribution in [0.15, 0.2) is 36.1 Å². The molecule has 0 fully saturated rings. The van der Waals surface area contributed by atoms with Gasteiger partial charge in [-0.1, -0.05) is 118 Å². The molecule has 0 heterocycles. The maximum Gasteiger partial charge on any atom is 0.227 e. The lowest BCUT2D eigenvalue weighted by Crippen LogP contribution is -2.19. The predicted molar refractivity (Wildman–Crippen MR) is 189 cm³/mol. The van der Waals surface area contributed by atoms with Crippen LogP contribution in [0.3, 0.4) is 0 Å². The smallest absolute Gasteiger partial charge is 0.227 e. The zero-order chi connectivity index (χ0) is 31.9. The van der Waals surface area contributed by atoms with Crippen molar-refractivity contribution in [1.29, 1.82) is 0 Å². The molecule has 240 valence electrons. The summed E-state index contributed by atoms with van der Waals surface area (Å²) in [5, 5.41) is 11.8. The molecule has 0 aromatic heterocycles. The SMILES string of the molecule is CCCC(CC)c1ccc(CC)cc1C=C(O)C(=O)c1c(C(CC)CCC)ccc(C(CC)CCC)c1C(CC)CCC. The fourth-order valence-corrected chi connectivity index (χ4v) is 7.41. The summed E-state index contributed by atoms with van der Waals surface area (Å²) in [5.41, 5.74) is 8.03. The van der Waals surface area contributed by atoms with Crippen molar-refractivity contribution in [3.05, 3.63) is 75.0 Å². The molecule has 0 aliphatic heterocycles. The first kappa shape index (κ1) is 36.8. The Morgan fingerprint density at radius 1 is 0.628 bits per heavy atom. The minimum absolute atomic E-state index is 0.109. The molecule has 2 aromatic carbocycles. The fraction of sp³-hybridized carbons (Fsp3) is 0.634. The molecule has 4 unspecified atom stereocenters. The molecule has 2 heteroatoms. The number of hydrogen-bond donors (Lipinski definition) is 1. The second-order valence-electron chi connectivity index (χ2n) is 12.8. The summed E-state index contributed by atoms with van der Waals surface area (Å²) in [4.78, 5) is 14.8. The quantitative estimate of drug-likeness (QED) is 0.0949. The van der Waals surface area contributed by atoms with Crippen molar-refractivity contribution in [2.24, 2.45) is 0 Å². The van der Waals surface area contributed by atoms with Gasteiger partial charge in [-0.3, -0.25) is 4.79 Å². The van der Waals surface area contributed by atoms with Crippen LogP contribution in [0.5, 0.6) is 0 Å². The Kier molecular flexibility index (Phi) is 16.4. The molecule has 0 bridgehead atoms. The highest BCUT2D eigenvalue weighted by Gasteiger charge is 2.30. The Morgan fingerprint density at radius 3 is 1.56 bits per heavy atom. The lowest BCUT2D eigenvalue weighted by molar-refractivity contribution is 0.0977. The summed E-state index contributed by atoms with van der Waals surface area (Å²) in [5.74, 6) is 1.17. The van der Waals surface area contributed by atoms with Crippen LogP contribution in [0.4, 0.5) is 0 Å². The van der Waals surface area contributed by atoms with Gasteiger partial charge in [-0.15, -0.1) is 0 Å². The van der Waals surface area contributed by atoms with Crippen molar-refractivity contribution >= 4 is 11.9 Å². The highest BCUT2D eigenvalue weighted by Crippen LogP contribution is 2.42. The van der Waals surface area contributed by atoms with Crippen LogP contribution < -0.4 is 0 Å². The molecule has 0 radical (unpaired) electrons. The highest BCUT2D eigenvalue weighted by atomic mass is 16.3. The fourth-order valence-electron chi connectivity index (χ4n) is 7.41. The van der Waals surface area contributed by atoms with E-state index in [0.717, 1.165) is 100 Å². The molecule has 1 N–H and O–H groups in total. The third kappa shape index (κ3) is 9.32. The van der Waals surface area contributed by atoms with Crippen molar-refractivity contribution in [3.8, 4) is 0 Å². The van der Waals surface area contributed by atoms with E-state index in [2.05, 4.69) is 92.6 Å². The average molecular weight is 589 g/mol. The molecular weight excluding hydrogens is 524 g/mol. The maximum atomic E-state index is 14.8. The minimum Gasteiger partial charge on any atom is -0.504 e. The topological polar surface area (TPSA) is 37.3 Å². The summed E-state index contributed by atoms with van der Waals surface area (Å²) in [6.45, 7) is 20.2. The first-order valence-electron chi connectivity index (χ1n) is 18.0. The first-order valence-corrected chi connectivity index (χ1v) is 18.0. The number of aliphatic hydroxyl groups excluding tert-OH is 1. The summed E-state index contributed by atoms with van der Waals surface area (Å²) < 4.78 is 0. The summed E-state index contributed by atoms with van der Waals surface area (Å²) >= 11 is 0. The highest BCUT2D eigenvalue weighted by molar-refractivity contribution is 6.12. The zero-order valence-electron chi connectivity index (χ0n) is 29.3. The van der Waals surface area contributed by atoms with E-state index in [4.69, 9.17) is 0 Å². The van der Waals surface area contributed by atoms with E-state index < -0.39 is 0 Å². The number of carbonyl (C=O) groups is 1. The van der Waals surface area contributed by atoms with Gasteiger partial charge < -0.3 is 5.11 Å². The van der Waals surface area contributed by atoms with Crippen molar-refractivity contribution in [2.75, 3.05) is 0 Å². The molecule has 0 saturated carbocycles. The molecule has 0 amide bonds. The lowest BCUT2D eigenvalue weighted by Gasteiger charge is -2.30. The summed E-state index contributed by atoms with van der Waals surface area (Å²) in [6.07, 6.45) is 15.6. The van der Waals surface area contributed by atoms with Gasteiger partial charge >= 0.3 is 0 Å². The van der Waals surface area contributed by atoms with E-state index >= 15 is 0 Å². The standard InChI is InChI=1S/C41H64O2/c1-10-19-30(15-6)35-24-23-29(14-5)27-34(35)28-38(42)41(43)40-37(32(17-8)21-12-3)26-25-36(31(16-7)20-11-2)39(40)33(18-9)22-13-4/h23-28,30-33,42H,10-22H2,1-9H3. The zero-order valence-corrected chi connectivity index (χ0v) is 29.3. The molecule has 2 rings (SSSR count). The van der Waals surface area contributed by atoms with E-state index in [1.165, 1.54) is 22.3 Å². The van der Waals surface area contributed by atoms with Crippen LogP contribution in [0, 0.1) is 0 Å². The number of allylic oxidation sites excluding steroid dienone is 1. The lowest BCUT2D eigenvalue weighted by atomic mass is 9.74. The molecular formula is C41H64O2. The second-order valence-corrected chi connectivity index (χ2v) is 12.8. The van der Waals surface area contributed by atoms with Crippen LogP contribution >= 0.6 is 0 Å². The molecule has 2 aromatic rings. The predicted octanol–water partition coefficient (Wildman–Crippen LogP) is 13.2. The van der Waals surface area contributed by atoms with Gasteiger partial charge in [0.1, 0.15) is 0 Å². The number of benzene rings is 2. The van der Waals surface area contributed by atoms with E-state index in [0.29, 0.717) is 23.7 Å². The Labute approximate surface area is 265 Å². The van der Waals surface area contributed by atoms with Gasteiger partial charge in [0, 0.05) is 5.56 Å². The van der Waals surface area contributed by atoms with Crippen molar-refractivity contribution in [3.63, 3.8) is 0 Å². The van der Waals surface area contributed by atoms with Gasteiger partial charge in [0.2, 0.25) is 5.78 Å². The van der Waals surface area contributed by atoms with Crippen LogP contribution in [0.25, 0.3) is 6.08 Å².